The van der Waals surface area contributed by atoms with Crippen LogP contribution in [0.2, 0.25) is 0 Å². The largest absolute Gasteiger partial charge is 0.356 e. The van der Waals surface area contributed by atoms with Crippen LogP contribution in [0.4, 0.5) is 11.8 Å². The van der Waals surface area contributed by atoms with Crippen LogP contribution in [-0.4, -0.2) is 28.0 Å². The van der Waals surface area contributed by atoms with Gasteiger partial charge in [0.15, 0.2) is 0 Å². The summed E-state index contributed by atoms with van der Waals surface area (Å²) in [5.74, 6) is 2.50. The third-order valence-electron chi connectivity index (χ3n) is 3.90. The van der Waals surface area contributed by atoms with Crippen molar-refractivity contribution in [1.82, 2.24) is 15.0 Å². The van der Waals surface area contributed by atoms with E-state index in [2.05, 4.69) is 32.1 Å². The third-order valence-corrected chi connectivity index (χ3v) is 3.90. The number of hydrogen-bond donors (Lipinski definition) is 1. The maximum atomic E-state index is 4.61. The lowest BCUT2D eigenvalue weighted by Gasteiger charge is -2.31. The van der Waals surface area contributed by atoms with Gasteiger partial charge in [-0.05, 0) is 37.0 Å². The van der Waals surface area contributed by atoms with Crippen molar-refractivity contribution in [1.29, 1.82) is 0 Å². The molecule has 21 heavy (non-hydrogen) atoms. The zero-order valence-corrected chi connectivity index (χ0v) is 12.4. The molecule has 2 aromatic heterocycles. The summed E-state index contributed by atoms with van der Waals surface area (Å²) in [5, 5.41) is 3.24. The molecule has 0 saturated carbocycles. The van der Waals surface area contributed by atoms with Gasteiger partial charge < -0.3 is 10.2 Å². The average Bonchev–Trinajstić information content (AvgIpc) is 2.55. The van der Waals surface area contributed by atoms with Crippen molar-refractivity contribution < 1.29 is 0 Å². The summed E-state index contributed by atoms with van der Waals surface area (Å²) in [6.07, 6.45) is 6.09. The Morgan fingerprint density at radius 1 is 1.14 bits per heavy atom. The first-order valence-electron chi connectivity index (χ1n) is 7.53. The quantitative estimate of drug-likeness (QED) is 0.935. The molecule has 0 aliphatic carbocycles. The van der Waals surface area contributed by atoms with Gasteiger partial charge in [-0.3, -0.25) is 4.98 Å². The van der Waals surface area contributed by atoms with E-state index in [1.807, 2.05) is 30.5 Å². The monoisotopic (exact) mass is 283 g/mol. The molecule has 110 valence electrons. The highest BCUT2D eigenvalue weighted by Gasteiger charge is 2.17. The van der Waals surface area contributed by atoms with Gasteiger partial charge in [0, 0.05) is 25.5 Å². The van der Waals surface area contributed by atoms with Crippen LogP contribution in [0, 0.1) is 5.92 Å². The van der Waals surface area contributed by atoms with E-state index in [4.69, 9.17) is 0 Å². The molecule has 5 nitrogen and oxygen atoms in total. The Bertz CT molecular complexity index is 564. The lowest BCUT2D eigenvalue weighted by molar-refractivity contribution is 0.436. The van der Waals surface area contributed by atoms with Crippen molar-refractivity contribution in [2.24, 2.45) is 5.92 Å². The van der Waals surface area contributed by atoms with E-state index in [1.54, 1.807) is 6.20 Å². The zero-order chi connectivity index (χ0) is 14.5. The number of aromatic nitrogens is 3. The fraction of sp³-hybridized carbons (Fsp3) is 0.438. The Morgan fingerprint density at radius 3 is 2.76 bits per heavy atom. The van der Waals surface area contributed by atoms with Gasteiger partial charge in [-0.15, -0.1) is 0 Å². The highest BCUT2D eigenvalue weighted by Crippen LogP contribution is 2.21. The molecule has 0 unspecified atom stereocenters. The normalized spacial score (nSPS) is 16.0. The molecule has 1 fully saturated rings. The van der Waals surface area contributed by atoms with Gasteiger partial charge in [0.05, 0.1) is 12.2 Å². The van der Waals surface area contributed by atoms with Crippen molar-refractivity contribution in [3.05, 3.63) is 42.4 Å². The van der Waals surface area contributed by atoms with Crippen molar-refractivity contribution in [2.75, 3.05) is 23.3 Å². The summed E-state index contributed by atoms with van der Waals surface area (Å²) in [5.41, 5.74) is 0.985. The Labute approximate surface area is 125 Å². The van der Waals surface area contributed by atoms with Crippen molar-refractivity contribution >= 4 is 11.8 Å². The van der Waals surface area contributed by atoms with Crippen LogP contribution < -0.4 is 10.2 Å². The number of nitrogens with one attached hydrogen (secondary N) is 1. The first kappa shape index (κ1) is 13.8. The lowest BCUT2D eigenvalue weighted by atomic mass is 9.99. The van der Waals surface area contributed by atoms with E-state index >= 15 is 0 Å². The molecule has 0 bridgehead atoms. The smallest absolute Gasteiger partial charge is 0.224 e. The maximum absolute atomic E-state index is 4.61. The van der Waals surface area contributed by atoms with E-state index in [9.17, 15) is 0 Å². The van der Waals surface area contributed by atoms with Gasteiger partial charge >= 0.3 is 0 Å². The fourth-order valence-electron chi connectivity index (χ4n) is 2.52. The second-order valence-corrected chi connectivity index (χ2v) is 5.58. The molecule has 3 rings (SSSR count). The molecule has 0 aromatic carbocycles. The lowest BCUT2D eigenvalue weighted by Crippen LogP contribution is -2.33. The molecule has 1 saturated heterocycles. The summed E-state index contributed by atoms with van der Waals surface area (Å²) in [4.78, 5) is 15.5. The maximum Gasteiger partial charge on any atom is 0.224 e. The highest BCUT2D eigenvalue weighted by atomic mass is 15.2. The summed E-state index contributed by atoms with van der Waals surface area (Å²) < 4.78 is 0. The van der Waals surface area contributed by atoms with Gasteiger partial charge in [-0.25, -0.2) is 4.98 Å². The molecule has 3 heterocycles. The summed E-state index contributed by atoms with van der Waals surface area (Å²) in [6, 6.07) is 7.87. The van der Waals surface area contributed by atoms with E-state index in [1.165, 1.54) is 12.8 Å². The first-order chi connectivity index (χ1) is 10.3. The summed E-state index contributed by atoms with van der Waals surface area (Å²) in [6.45, 7) is 5.12. The minimum atomic E-state index is 0.640. The van der Waals surface area contributed by atoms with Gasteiger partial charge in [0.2, 0.25) is 5.95 Å². The van der Waals surface area contributed by atoms with E-state index < -0.39 is 0 Å². The van der Waals surface area contributed by atoms with E-state index in [0.717, 1.165) is 30.5 Å². The van der Waals surface area contributed by atoms with Gasteiger partial charge in [-0.2, -0.15) is 4.98 Å². The molecule has 5 heteroatoms. The number of hydrogen-bond acceptors (Lipinski definition) is 5. The van der Waals surface area contributed by atoms with Crippen LogP contribution in [0.25, 0.3) is 0 Å². The third kappa shape index (κ3) is 3.68. The predicted octanol–water partition coefficient (Wildman–Crippen LogP) is 2.72. The molecule has 2 aromatic rings. The first-order valence-corrected chi connectivity index (χ1v) is 7.53. The minimum Gasteiger partial charge on any atom is -0.356 e. The highest BCUT2D eigenvalue weighted by molar-refractivity contribution is 5.42. The fourth-order valence-corrected chi connectivity index (χ4v) is 2.52. The van der Waals surface area contributed by atoms with E-state index in [-0.39, 0.29) is 0 Å². The standard InChI is InChI=1S/C16H21N5/c1-13-6-10-21(11-7-13)15-5-9-18-16(20-15)19-12-14-4-2-3-8-17-14/h2-5,8-9,13H,6-7,10-12H2,1H3,(H,18,19,20). The van der Waals surface area contributed by atoms with Crippen LogP contribution in [0.15, 0.2) is 36.7 Å². The van der Waals surface area contributed by atoms with Gasteiger partial charge in [-0.1, -0.05) is 13.0 Å². The molecule has 0 spiro atoms. The second kappa shape index (κ2) is 6.52. The number of pyridine rings is 1. The minimum absolute atomic E-state index is 0.640. The topological polar surface area (TPSA) is 53.9 Å². The molecule has 0 atom stereocenters. The molecular weight excluding hydrogens is 262 g/mol. The van der Waals surface area contributed by atoms with Crippen LogP contribution in [0.3, 0.4) is 0 Å². The number of piperidine rings is 1. The van der Waals surface area contributed by atoms with Gasteiger partial charge in [0.1, 0.15) is 5.82 Å². The van der Waals surface area contributed by atoms with Crippen molar-refractivity contribution in [2.45, 2.75) is 26.3 Å². The Morgan fingerprint density at radius 2 is 2.00 bits per heavy atom. The Balaban J connectivity index is 1.63. The van der Waals surface area contributed by atoms with Crippen molar-refractivity contribution in [3.8, 4) is 0 Å². The number of nitrogens with zero attached hydrogens (tertiary/aromatic N) is 4. The van der Waals surface area contributed by atoms with Crippen LogP contribution in [-0.2, 0) is 6.54 Å². The second-order valence-electron chi connectivity index (χ2n) is 5.58. The number of rotatable bonds is 4. The SMILES string of the molecule is CC1CCN(c2ccnc(NCc3ccccn3)n2)CC1. The Kier molecular flexibility index (Phi) is 4.28. The molecule has 0 amide bonds. The van der Waals surface area contributed by atoms with Crippen LogP contribution in [0.1, 0.15) is 25.5 Å². The molecule has 1 N–H and O–H groups in total. The Hall–Kier alpha value is -2.17. The van der Waals surface area contributed by atoms with Crippen LogP contribution in [0.5, 0.6) is 0 Å². The summed E-state index contributed by atoms with van der Waals surface area (Å²) >= 11 is 0. The molecule has 0 radical (unpaired) electrons. The van der Waals surface area contributed by atoms with Gasteiger partial charge in [0.25, 0.3) is 0 Å². The summed E-state index contributed by atoms with van der Waals surface area (Å²) in [7, 11) is 0. The average molecular weight is 283 g/mol. The molecule has 1 aliphatic rings. The zero-order valence-electron chi connectivity index (χ0n) is 12.4. The number of anilines is 2. The molecular formula is C16H21N5. The van der Waals surface area contributed by atoms with Crippen molar-refractivity contribution in [3.63, 3.8) is 0 Å². The van der Waals surface area contributed by atoms with E-state index in [0.29, 0.717) is 12.5 Å². The molecule has 1 aliphatic heterocycles. The van der Waals surface area contributed by atoms with Crippen LogP contribution >= 0.6 is 0 Å². The predicted molar refractivity (Wildman–Crippen MR) is 84.2 cm³/mol.